The van der Waals surface area contributed by atoms with Crippen molar-refractivity contribution in [1.29, 1.82) is 0 Å². The van der Waals surface area contributed by atoms with Crippen LogP contribution >= 0.6 is 11.8 Å². The van der Waals surface area contributed by atoms with Crippen molar-refractivity contribution >= 4 is 17.7 Å². The molecule has 0 rings (SSSR count). The molecule has 0 aliphatic carbocycles. The minimum atomic E-state index is 0.187. The van der Waals surface area contributed by atoms with E-state index in [1.165, 1.54) is 0 Å². The molecule has 90 valence electrons. The lowest BCUT2D eigenvalue weighted by Crippen LogP contribution is -2.29. The minimum Gasteiger partial charge on any atom is -0.356 e. The lowest BCUT2D eigenvalue weighted by atomic mass is 10.2. The molecule has 0 aliphatic rings. The molecule has 0 saturated heterocycles. The van der Waals surface area contributed by atoms with Gasteiger partial charge >= 0.3 is 0 Å². The summed E-state index contributed by atoms with van der Waals surface area (Å²) in [4.78, 5) is 11.5. The van der Waals surface area contributed by atoms with Crippen LogP contribution in [-0.2, 0) is 4.79 Å². The van der Waals surface area contributed by atoms with Crippen molar-refractivity contribution in [2.75, 3.05) is 12.3 Å². The fourth-order valence-corrected chi connectivity index (χ4v) is 2.05. The topological polar surface area (TPSA) is 29.1 Å². The van der Waals surface area contributed by atoms with Gasteiger partial charge in [-0.1, -0.05) is 34.6 Å². The highest BCUT2D eigenvalue weighted by molar-refractivity contribution is 7.99. The summed E-state index contributed by atoms with van der Waals surface area (Å²) >= 11 is 1.89. The molecule has 1 amide bonds. The molecule has 0 spiro atoms. The highest BCUT2D eigenvalue weighted by Crippen LogP contribution is 2.17. The van der Waals surface area contributed by atoms with Crippen LogP contribution in [0.15, 0.2) is 0 Å². The zero-order valence-corrected chi connectivity index (χ0v) is 11.5. The van der Waals surface area contributed by atoms with E-state index in [0.29, 0.717) is 23.5 Å². The van der Waals surface area contributed by atoms with Gasteiger partial charge in [0.1, 0.15) is 0 Å². The van der Waals surface area contributed by atoms with Crippen LogP contribution in [0.3, 0.4) is 0 Å². The Balaban J connectivity index is 3.57. The smallest absolute Gasteiger partial charge is 0.221 e. The summed E-state index contributed by atoms with van der Waals surface area (Å²) in [6.07, 6.45) is 0.643. The van der Waals surface area contributed by atoms with Gasteiger partial charge in [-0.25, -0.2) is 0 Å². The first kappa shape index (κ1) is 14.8. The lowest BCUT2D eigenvalue weighted by Gasteiger charge is -2.13. The van der Waals surface area contributed by atoms with Crippen LogP contribution in [0.2, 0.25) is 0 Å². The number of carbonyl (C=O) groups is 1. The first-order valence-electron chi connectivity index (χ1n) is 5.80. The van der Waals surface area contributed by atoms with Crippen molar-refractivity contribution in [2.24, 2.45) is 11.8 Å². The summed E-state index contributed by atoms with van der Waals surface area (Å²) < 4.78 is 0. The molecule has 0 heterocycles. The first-order valence-corrected chi connectivity index (χ1v) is 6.85. The molecule has 0 fully saturated rings. The van der Waals surface area contributed by atoms with E-state index in [1.807, 2.05) is 11.8 Å². The summed E-state index contributed by atoms with van der Waals surface area (Å²) in [6, 6.07) is 0. The molecular formula is C12H25NOS. The average Bonchev–Trinajstić information content (AvgIpc) is 2.11. The number of amides is 1. The normalized spacial score (nSPS) is 13.3. The number of hydrogen-bond acceptors (Lipinski definition) is 2. The zero-order chi connectivity index (χ0) is 11.8. The molecule has 0 aliphatic heterocycles. The SMILES string of the molecule is CC(C)CNC(=O)CC(C)SCC(C)C. The molecule has 0 saturated carbocycles. The van der Waals surface area contributed by atoms with Gasteiger partial charge in [0, 0.05) is 18.2 Å². The summed E-state index contributed by atoms with van der Waals surface area (Å²) in [5, 5.41) is 3.38. The Morgan fingerprint density at radius 2 is 1.73 bits per heavy atom. The van der Waals surface area contributed by atoms with Crippen LogP contribution in [-0.4, -0.2) is 23.5 Å². The number of carbonyl (C=O) groups excluding carboxylic acids is 1. The number of thioether (sulfide) groups is 1. The van der Waals surface area contributed by atoms with E-state index < -0.39 is 0 Å². The van der Waals surface area contributed by atoms with Crippen molar-refractivity contribution in [1.82, 2.24) is 5.32 Å². The van der Waals surface area contributed by atoms with Gasteiger partial charge in [-0.2, -0.15) is 11.8 Å². The number of rotatable bonds is 7. The van der Waals surface area contributed by atoms with Gasteiger partial charge in [0.2, 0.25) is 5.91 Å². The highest BCUT2D eigenvalue weighted by atomic mass is 32.2. The lowest BCUT2D eigenvalue weighted by molar-refractivity contribution is -0.121. The molecule has 0 aromatic carbocycles. The van der Waals surface area contributed by atoms with E-state index in [2.05, 4.69) is 39.9 Å². The molecule has 15 heavy (non-hydrogen) atoms. The van der Waals surface area contributed by atoms with E-state index in [9.17, 15) is 4.79 Å². The van der Waals surface area contributed by atoms with Gasteiger partial charge in [-0.3, -0.25) is 4.79 Å². The number of nitrogens with one attached hydrogen (secondary N) is 1. The van der Waals surface area contributed by atoms with Gasteiger partial charge < -0.3 is 5.32 Å². The van der Waals surface area contributed by atoms with Crippen molar-refractivity contribution in [3.63, 3.8) is 0 Å². The Morgan fingerprint density at radius 3 is 2.20 bits per heavy atom. The Bertz CT molecular complexity index is 180. The highest BCUT2D eigenvalue weighted by Gasteiger charge is 2.10. The standard InChI is InChI=1S/C12H25NOS/c1-9(2)7-13-12(14)6-11(5)15-8-10(3)4/h9-11H,6-8H2,1-5H3,(H,13,14). The molecule has 1 N–H and O–H groups in total. The summed E-state index contributed by atoms with van der Waals surface area (Å²) in [5.74, 6) is 2.56. The summed E-state index contributed by atoms with van der Waals surface area (Å²) in [7, 11) is 0. The van der Waals surface area contributed by atoms with Crippen molar-refractivity contribution in [3.05, 3.63) is 0 Å². The van der Waals surface area contributed by atoms with Crippen LogP contribution in [0.25, 0.3) is 0 Å². The van der Waals surface area contributed by atoms with Crippen LogP contribution in [0.1, 0.15) is 41.0 Å². The average molecular weight is 231 g/mol. The van der Waals surface area contributed by atoms with E-state index in [4.69, 9.17) is 0 Å². The van der Waals surface area contributed by atoms with E-state index >= 15 is 0 Å². The fraction of sp³-hybridized carbons (Fsp3) is 0.917. The van der Waals surface area contributed by atoms with Crippen LogP contribution in [0, 0.1) is 11.8 Å². The third-order valence-electron chi connectivity index (χ3n) is 1.89. The maximum atomic E-state index is 11.5. The molecule has 0 bridgehead atoms. The van der Waals surface area contributed by atoms with Crippen LogP contribution < -0.4 is 5.32 Å². The second kappa shape index (κ2) is 8.03. The van der Waals surface area contributed by atoms with Gasteiger partial charge in [-0.15, -0.1) is 0 Å². The van der Waals surface area contributed by atoms with E-state index in [1.54, 1.807) is 0 Å². The largest absolute Gasteiger partial charge is 0.356 e. The van der Waals surface area contributed by atoms with Crippen molar-refractivity contribution in [2.45, 2.75) is 46.3 Å². The molecule has 0 radical (unpaired) electrons. The molecule has 0 aromatic rings. The first-order chi connectivity index (χ1) is 6.91. The maximum Gasteiger partial charge on any atom is 0.221 e. The molecule has 0 aromatic heterocycles. The zero-order valence-electron chi connectivity index (χ0n) is 10.7. The molecule has 2 nitrogen and oxygen atoms in total. The van der Waals surface area contributed by atoms with Crippen LogP contribution in [0.4, 0.5) is 0 Å². The second-order valence-electron chi connectivity index (χ2n) is 4.94. The third-order valence-corrected chi connectivity index (χ3v) is 3.49. The van der Waals surface area contributed by atoms with Gasteiger partial charge in [0.05, 0.1) is 0 Å². The fourth-order valence-electron chi connectivity index (χ4n) is 1.07. The van der Waals surface area contributed by atoms with Crippen molar-refractivity contribution < 1.29 is 4.79 Å². The van der Waals surface area contributed by atoms with Crippen molar-refractivity contribution in [3.8, 4) is 0 Å². The predicted octanol–water partition coefficient (Wildman–Crippen LogP) is 2.93. The predicted molar refractivity (Wildman–Crippen MR) is 69.2 cm³/mol. The minimum absolute atomic E-state index is 0.187. The van der Waals surface area contributed by atoms with E-state index in [0.717, 1.165) is 12.3 Å². The molecule has 3 heteroatoms. The quantitative estimate of drug-likeness (QED) is 0.730. The summed E-state index contributed by atoms with van der Waals surface area (Å²) in [6.45, 7) is 11.5. The van der Waals surface area contributed by atoms with E-state index in [-0.39, 0.29) is 5.91 Å². The Hall–Kier alpha value is -0.180. The number of hydrogen-bond donors (Lipinski definition) is 1. The monoisotopic (exact) mass is 231 g/mol. The second-order valence-corrected chi connectivity index (χ2v) is 6.41. The third kappa shape index (κ3) is 10.1. The molecular weight excluding hydrogens is 206 g/mol. The molecule has 1 atom stereocenters. The van der Waals surface area contributed by atoms with Gasteiger partial charge in [0.25, 0.3) is 0 Å². The van der Waals surface area contributed by atoms with Gasteiger partial charge in [0.15, 0.2) is 0 Å². The van der Waals surface area contributed by atoms with Crippen LogP contribution in [0.5, 0.6) is 0 Å². The maximum absolute atomic E-state index is 11.5. The Labute approximate surface area is 98.6 Å². The Morgan fingerprint density at radius 1 is 1.13 bits per heavy atom. The van der Waals surface area contributed by atoms with Gasteiger partial charge in [-0.05, 0) is 17.6 Å². The molecule has 1 unspecified atom stereocenters. The summed E-state index contributed by atoms with van der Waals surface area (Å²) in [5.41, 5.74) is 0. The Kier molecular flexibility index (Phi) is 7.93.